The minimum absolute atomic E-state index is 0.304. The lowest BCUT2D eigenvalue weighted by atomic mass is 10.1. The monoisotopic (exact) mass is 275 g/mol. The summed E-state index contributed by atoms with van der Waals surface area (Å²) in [6.45, 7) is 2.66. The van der Waals surface area contributed by atoms with Crippen molar-refractivity contribution in [2.45, 2.75) is 20.1 Å². The minimum atomic E-state index is -0.304. The van der Waals surface area contributed by atoms with Crippen molar-refractivity contribution in [3.05, 3.63) is 58.9 Å². The zero-order valence-electron chi connectivity index (χ0n) is 11.7. The van der Waals surface area contributed by atoms with Crippen LogP contribution in [-0.4, -0.2) is 7.11 Å². The van der Waals surface area contributed by atoms with E-state index in [1.54, 1.807) is 13.2 Å². The Labute approximate surface area is 118 Å². The first-order valence-electron chi connectivity index (χ1n) is 6.39. The summed E-state index contributed by atoms with van der Waals surface area (Å²) < 4.78 is 24.1. The summed E-state index contributed by atoms with van der Waals surface area (Å²) in [5, 5.41) is 0. The van der Waals surface area contributed by atoms with Crippen molar-refractivity contribution in [3.8, 4) is 11.5 Å². The van der Waals surface area contributed by atoms with Gasteiger partial charge in [-0.3, -0.25) is 0 Å². The van der Waals surface area contributed by atoms with Gasteiger partial charge in [0.2, 0.25) is 0 Å². The summed E-state index contributed by atoms with van der Waals surface area (Å²) in [4.78, 5) is 0. The Kier molecular flexibility index (Phi) is 4.58. The fourth-order valence-corrected chi connectivity index (χ4v) is 1.94. The zero-order valence-corrected chi connectivity index (χ0v) is 11.7. The fraction of sp³-hybridized carbons (Fsp3) is 0.250. The molecule has 0 heterocycles. The number of halogens is 1. The van der Waals surface area contributed by atoms with Crippen LogP contribution in [0.1, 0.15) is 16.7 Å². The Morgan fingerprint density at radius 3 is 2.60 bits per heavy atom. The third-order valence-electron chi connectivity index (χ3n) is 3.12. The summed E-state index contributed by atoms with van der Waals surface area (Å²) >= 11 is 0. The Balaban J connectivity index is 2.12. The summed E-state index contributed by atoms with van der Waals surface area (Å²) in [5.41, 5.74) is 8.41. The number of hydrogen-bond donors (Lipinski definition) is 1. The second kappa shape index (κ2) is 6.39. The van der Waals surface area contributed by atoms with Crippen LogP contribution in [0.5, 0.6) is 11.5 Å². The maximum atomic E-state index is 13.2. The fourth-order valence-electron chi connectivity index (χ4n) is 1.94. The van der Waals surface area contributed by atoms with E-state index in [0.717, 1.165) is 22.4 Å². The van der Waals surface area contributed by atoms with Crippen molar-refractivity contribution in [2.24, 2.45) is 5.73 Å². The summed E-state index contributed by atoms with van der Waals surface area (Å²) in [6.07, 6.45) is 0. The predicted octanol–water partition coefficient (Wildman–Crippen LogP) is 3.18. The smallest absolute Gasteiger partial charge is 0.126 e. The van der Waals surface area contributed by atoms with Crippen LogP contribution in [0.25, 0.3) is 0 Å². The van der Waals surface area contributed by atoms with E-state index in [2.05, 4.69) is 0 Å². The first-order valence-corrected chi connectivity index (χ1v) is 6.39. The highest BCUT2D eigenvalue weighted by molar-refractivity contribution is 5.38. The van der Waals surface area contributed by atoms with Crippen molar-refractivity contribution in [1.29, 1.82) is 0 Å². The summed E-state index contributed by atoms with van der Waals surface area (Å²) in [6, 6.07) is 10.2. The van der Waals surface area contributed by atoms with Gasteiger partial charge in [-0.1, -0.05) is 18.2 Å². The number of benzene rings is 2. The normalized spacial score (nSPS) is 10.4. The van der Waals surface area contributed by atoms with Gasteiger partial charge in [0.1, 0.15) is 23.9 Å². The van der Waals surface area contributed by atoms with E-state index in [4.69, 9.17) is 15.2 Å². The Bertz CT molecular complexity index is 599. The van der Waals surface area contributed by atoms with E-state index < -0.39 is 0 Å². The Morgan fingerprint density at radius 1 is 1.10 bits per heavy atom. The Hall–Kier alpha value is -2.07. The third kappa shape index (κ3) is 3.27. The topological polar surface area (TPSA) is 44.5 Å². The molecule has 0 unspecified atom stereocenters. The van der Waals surface area contributed by atoms with Gasteiger partial charge in [0.05, 0.1) is 7.11 Å². The van der Waals surface area contributed by atoms with Crippen molar-refractivity contribution < 1.29 is 13.9 Å². The number of nitrogens with two attached hydrogens (primary N) is 1. The highest BCUT2D eigenvalue weighted by atomic mass is 19.1. The zero-order chi connectivity index (χ0) is 14.5. The van der Waals surface area contributed by atoms with Crippen LogP contribution < -0.4 is 15.2 Å². The first kappa shape index (κ1) is 14.3. The van der Waals surface area contributed by atoms with Gasteiger partial charge in [-0.05, 0) is 30.2 Å². The molecule has 0 fully saturated rings. The molecule has 4 heteroatoms. The molecule has 0 atom stereocenters. The molecule has 0 bridgehead atoms. The summed E-state index contributed by atoms with van der Waals surface area (Å²) in [5.74, 6) is 0.984. The van der Waals surface area contributed by atoms with E-state index in [-0.39, 0.29) is 5.82 Å². The molecule has 2 N–H and O–H groups in total. The van der Waals surface area contributed by atoms with Gasteiger partial charge in [0.15, 0.2) is 0 Å². The predicted molar refractivity (Wildman–Crippen MR) is 76.4 cm³/mol. The molecule has 106 valence electrons. The lowest BCUT2D eigenvalue weighted by molar-refractivity contribution is 0.301. The van der Waals surface area contributed by atoms with E-state index in [9.17, 15) is 4.39 Å². The molecule has 0 spiro atoms. The maximum absolute atomic E-state index is 13.2. The number of aryl methyl sites for hydroxylation is 1. The van der Waals surface area contributed by atoms with Crippen LogP contribution in [0.2, 0.25) is 0 Å². The van der Waals surface area contributed by atoms with Gasteiger partial charge in [0.25, 0.3) is 0 Å². The molecule has 20 heavy (non-hydrogen) atoms. The highest BCUT2D eigenvalue weighted by Crippen LogP contribution is 2.23. The van der Waals surface area contributed by atoms with Crippen LogP contribution >= 0.6 is 0 Å². The van der Waals surface area contributed by atoms with Crippen molar-refractivity contribution >= 4 is 0 Å². The van der Waals surface area contributed by atoms with E-state index in [1.165, 1.54) is 12.1 Å². The standard InChI is InChI=1S/C16H18FNO2/c1-11-3-6-14(17)8-15(11)20-10-12-4-5-13(9-18)16(7-12)19-2/h3-8H,9-10,18H2,1-2H3. The molecule has 0 aromatic heterocycles. The molecule has 0 aliphatic carbocycles. The van der Waals surface area contributed by atoms with Gasteiger partial charge in [-0.25, -0.2) is 4.39 Å². The van der Waals surface area contributed by atoms with Crippen LogP contribution in [0.3, 0.4) is 0 Å². The second-order valence-corrected chi connectivity index (χ2v) is 4.55. The number of rotatable bonds is 5. The van der Waals surface area contributed by atoms with Gasteiger partial charge in [0, 0.05) is 18.2 Å². The van der Waals surface area contributed by atoms with Gasteiger partial charge >= 0.3 is 0 Å². The molecule has 3 nitrogen and oxygen atoms in total. The lowest BCUT2D eigenvalue weighted by Gasteiger charge is -2.12. The van der Waals surface area contributed by atoms with Gasteiger partial charge < -0.3 is 15.2 Å². The lowest BCUT2D eigenvalue weighted by Crippen LogP contribution is -2.02. The van der Waals surface area contributed by atoms with Gasteiger partial charge in [-0.2, -0.15) is 0 Å². The molecular formula is C16H18FNO2. The first-order chi connectivity index (χ1) is 9.63. The molecule has 2 rings (SSSR count). The molecule has 2 aromatic rings. The van der Waals surface area contributed by atoms with E-state index >= 15 is 0 Å². The average Bonchev–Trinajstić information content (AvgIpc) is 2.47. The molecular weight excluding hydrogens is 257 g/mol. The van der Waals surface area contributed by atoms with E-state index in [1.807, 2.05) is 25.1 Å². The molecule has 0 amide bonds. The van der Waals surface area contributed by atoms with Crippen molar-refractivity contribution in [3.63, 3.8) is 0 Å². The highest BCUT2D eigenvalue weighted by Gasteiger charge is 2.05. The van der Waals surface area contributed by atoms with Crippen molar-refractivity contribution in [1.82, 2.24) is 0 Å². The van der Waals surface area contributed by atoms with Crippen LogP contribution in [0, 0.1) is 12.7 Å². The molecule has 2 aromatic carbocycles. The van der Waals surface area contributed by atoms with Crippen LogP contribution in [-0.2, 0) is 13.2 Å². The van der Waals surface area contributed by atoms with Crippen LogP contribution in [0.4, 0.5) is 4.39 Å². The number of hydrogen-bond acceptors (Lipinski definition) is 3. The maximum Gasteiger partial charge on any atom is 0.126 e. The number of ether oxygens (including phenoxy) is 2. The average molecular weight is 275 g/mol. The SMILES string of the molecule is COc1cc(COc2cc(F)ccc2C)ccc1CN. The molecule has 0 aliphatic rings. The van der Waals surface area contributed by atoms with E-state index in [0.29, 0.717) is 18.9 Å². The molecule has 0 aliphatic heterocycles. The third-order valence-corrected chi connectivity index (χ3v) is 3.12. The largest absolute Gasteiger partial charge is 0.496 e. The van der Waals surface area contributed by atoms with Crippen molar-refractivity contribution in [2.75, 3.05) is 7.11 Å². The molecule has 0 radical (unpaired) electrons. The molecule has 0 saturated heterocycles. The number of methoxy groups -OCH3 is 1. The quantitative estimate of drug-likeness (QED) is 0.911. The summed E-state index contributed by atoms with van der Waals surface area (Å²) in [7, 11) is 1.61. The minimum Gasteiger partial charge on any atom is -0.496 e. The molecule has 0 saturated carbocycles. The Morgan fingerprint density at radius 2 is 1.90 bits per heavy atom. The van der Waals surface area contributed by atoms with Gasteiger partial charge in [-0.15, -0.1) is 0 Å². The van der Waals surface area contributed by atoms with Crippen LogP contribution in [0.15, 0.2) is 36.4 Å². The second-order valence-electron chi connectivity index (χ2n) is 4.55.